The van der Waals surface area contributed by atoms with E-state index in [2.05, 4.69) is 9.89 Å². The van der Waals surface area contributed by atoms with E-state index < -0.39 is 0 Å². The average molecular weight is 183 g/mol. The molecule has 2 atom stereocenters. The van der Waals surface area contributed by atoms with Crippen LogP contribution in [0.5, 0.6) is 0 Å². The third-order valence-corrected chi connectivity index (χ3v) is 2.69. The summed E-state index contributed by atoms with van der Waals surface area (Å²) < 4.78 is 5.70. The molecule has 2 fully saturated rings. The summed E-state index contributed by atoms with van der Waals surface area (Å²) in [6.45, 7) is 4.61. The van der Waals surface area contributed by atoms with E-state index in [1.165, 1.54) is 12.8 Å². The largest absolute Gasteiger partial charge is 0.371 e. The maximum absolute atomic E-state index is 5.83. The minimum Gasteiger partial charge on any atom is -0.371 e. The highest BCUT2D eigenvalue weighted by Crippen LogP contribution is 2.25. The number of nitrogens with two attached hydrogens (primary N) is 1. The van der Waals surface area contributed by atoms with Gasteiger partial charge in [-0.2, -0.15) is 0 Å². The van der Waals surface area contributed by atoms with Crippen LogP contribution < -0.4 is 5.73 Å². The monoisotopic (exact) mass is 183 g/mol. The van der Waals surface area contributed by atoms with Gasteiger partial charge in [-0.3, -0.25) is 4.99 Å². The second kappa shape index (κ2) is 3.54. The van der Waals surface area contributed by atoms with Gasteiger partial charge in [-0.25, -0.2) is 0 Å². The molecule has 0 radical (unpaired) electrons. The number of morpholine rings is 1. The zero-order valence-corrected chi connectivity index (χ0v) is 8.07. The molecule has 0 aromatic heterocycles. The van der Waals surface area contributed by atoms with E-state index in [1.807, 2.05) is 6.92 Å². The number of ether oxygens (including phenoxy) is 1. The van der Waals surface area contributed by atoms with Crippen molar-refractivity contribution < 1.29 is 4.74 Å². The molecule has 0 saturated carbocycles. The molecule has 0 aromatic rings. The van der Waals surface area contributed by atoms with Crippen molar-refractivity contribution >= 4 is 5.96 Å². The van der Waals surface area contributed by atoms with Gasteiger partial charge in [0.25, 0.3) is 0 Å². The second-order valence-electron chi connectivity index (χ2n) is 3.69. The Hall–Kier alpha value is -0.770. The SMILES string of the molecule is CCN=C(N)N1CC2CCC(C1)O2. The first-order valence-corrected chi connectivity index (χ1v) is 5.00. The van der Waals surface area contributed by atoms with E-state index in [0.29, 0.717) is 18.2 Å². The minimum atomic E-state index is 0.393. The molecular weight excluding hydrogens is 166 g/mol. The number of hydrogen-bond donors (Lipinski definition) is 1. The quantitative estimate of drug-likeness (QED) is 0.466. The Labute approximate surface area is 78.8 Å². The lowest BCUT2D eigenvalue weighted by Crippen LogP contribution is -2.49. The highest BCUT2D eigenvalue weighted by atomic mass is 16.5. The fraction of sp³-hybridized carbons (Fsp3) is 0.889. The van der Waals surface area contributed by atoms with E-state index in [9.17, 15) is 0 Å². The Balaban J connectivity index is 1.98. The van der Waals surface area contributed by atoms with Crippen LogP contribution in [0, 0.1) is 0 Å². The van der Waals surface area contributed by atoms with Gasteiger partial charge in [0.2, 0.25) is 0 Å². The number of fused-ring (bicyclic) bond motifs is 2. The molecule has 74 valence electrons. The van der Waals surface area contributed by atoms with E-state index in [-0.39, 0.29) is 0 Å². The zero-order chi connectivity index (χ0) is 9.26. The number of rotatable bonds is 1. The van der Waals surface area contributed by atoms with Gasteiger partial charge in [-0.1, -0.05) is 0 Å². The van der Waals surface area contributed by atoms with Crippen LogP contribution in [-0.2, 0) is 4.74 Å². The average Bonchev–Trinajstić information content (AvgIpc) is 2.46. The smallest absolute Gasteiger partial charge is 0.191 e. The highest BCUT2D eigenvalue weighted by Gasteiger charge is 2.34. The van der Waals surface area contributed by atoms with Crippen LogP contribution in [0.2, 0.25) is 0 Å². The molecule has 2 aliphatic heterocycles. The van der Waals surface area contributed by atoms with Crippen molar-refractivity contribution in [1.82, 2.24) is 4.90 Å². The molecule has 0 spiro atoms. The number of guanidine groups is 1. The fourth-order valence-corrected chi connectivity index (χ4v) is 2.06. The third-order valence-electron chi connectivity index (χ3n) is 2.69. The lowest BCUT2D eigenvalue weighted by atomic mass is 10.2. The summed E-state index contributed by atoms with van der Waals surface area (Å²) in [4.78, 5) is 6.36. The standard InChI is InChI=1S/C9H17N3O/c1-2-11-9(10)12-5-7-3-4-8(6-12)13-7/h7-8H,2-6H2,1H3,(H2,10,11). The molecule has 0 aliphatic carbocycles. The van der Waals surface area contributed by atoms with Gasteiger partial charge in [-0.15, -0.1) is 0 Å². The van der Waals surface area contributed by atoms with Crippen LogP contribution in [0.3, 0.4) is 0 Å². The Bertz CT molecular complexity index is 205. The number of aliphatic imine (C=N–C) groups is 1. The summed E-state index contributed by atoms with van der Waals surface area (Å²) >= 11 is 0. The Kier molecular flexibility index (Phi) is 2.40. The minimum absolute atomic E-state index is 0.393. The molecule has 2 bridgehead atoms. The maximum atomic E-state index is 5.83. The van der Waals surface area contributed by atoms with Crippen LogP contribution in [0.25, 0.3) is 0 Å². The van der Waals surface area contributed by atoms with Crippen LogP contribution in [-0.4, -0.2) is 42.7 Å². The van der Waals surface area contributed by atoms with Crippen LogP contribution in [0.15, 0.2) is 4.99 Å². The number of nitrogens with zero attached hydrogens (tertiary/aromatic N) is 2. The van der Waals surface area contributed by atoms with Crippen molar-refractivity contribution in [2.45, 2.75) is 32.0 Å². The molecule has 2 rings (SSSR count). The van der Waals surface area contributed by atoms with Gasteiger partial charge in [0.15, 0.2) is 5.96 Å². The predicted molar refractivity (Wildman–Crippen MR) is 51.6 cm³/mol. The molecule has 13 heavy (non-hydrogen) atoms. The van der Waals surface area contributed by atoms with Crippen molar-refractivity contribution in [2.24, 2.45) is 10.7 Å². The topological polar surface area (TPSA) is 50.8 Å². The molecule has 0 amide bonds. The summed E-state index contributed by atoms with van der Waals surface area (Å²) in [7, 11) is 0. The van der Waals surface area contributed by atoms with E-state index >= 15 is 0 Å². The van der Waals surface area contributed by atoms with Crippen molar-refractivity contribution in [1.29, 1.82) is 0 Å². The zero-order valence-electron chi connectivity index (χ0n) is 8.07. The van der Waals surface area contributed by atoms with Crippen molar-refractivity contribution in [3.8, 4) is 0 Å². The van der Waals surface area contributed by atoms with Crippen LogP contribution in [0.1, 0.15) is 19.8 Å². The van der Waals surface area contributed by atoms with Crippen LogP contribution >= 0.6 is 0 Å². The summed E-state index contributed by atoms with van der Waals surface area (Å²) in [5, 5.41) is 0. The predicted octanol–water partition coefficient (Wildman–Crippen LogP) is 0.184. The van der Waals surface area contributed by atoms with Gasteiger partial charge in [0, 0.05) is 19.6 Å². The van der Waals surface area contributed by atoms with Gasteiger partial charge >= 0.3 is 0 Å². The van der Waals surface area contributed by atoms with Crippen molar-refractivity contribution in [3.05, 3.63) is 0 Å². The maximum Gasteiger partial charge on any atom is 0.191 e. The summed E-state index contributed by atoms with van der Waals surface area (Å²) in [5.74, 6) is 0.683. The first-order chi connectivity index (χ1) is 6.29. The normalized spacial score (nSPS) is 33.9. The first-order valence-electron chi connectivity index (χ1n) is 5.00. The molecule has 2 N–H and O–H groups in total. The molecule has 0 aromatic carbocycles. The lowest BCUT2D eigenvalue weighted by molar-refractivity contribution is -0.0161. The summed E-state index contributed by atoms with van der Waals surface area (Å²) in [6, 6.07) is 0. The molecule has 2 heterocycles. The summed E-state index contributed by atoms with van der Waals surface area (Å²) in [6.07, 6.45) is 3.15. The molecular formula is C9H17N3O. The van der Waals surface area contributed by atoms with E-state index in [1.54, 1.807) is 0 Å². The van der Waals surface area contributed by atoms with Crippen molar-refractivity contribution in [2.75, 3.05) is 19.6 Å². The third kappa shape index (κ3) is 1.77. The van der Waals surface area contributed by atoms with Crippen molar-refractivity contribution in [3.63, 3.8) is 0 Å². The summed E-state index contributed by atoms with van der Waals surface area (Å²) in [5.41, 5.74) is 5.83. The molecule has 2 aliphatic rings. The van der Waals surface area contributed by atoms with Crippen LogP contribution in [0.4, 0.5) is 0 Å². The highest BCUT2D eigenvalue weighted by molar-refractivity contribution is 5.78. The molecule has 4 heteroatoms. The number of hydrogen-bond acceptors (Lipinski definition) is 2. The molecule has 2 saturated heterocycles. The first kappa shape index (κ1) is 8.81. The Morgan fingerprint density at radius 3 is 2.62 bits per heavy atom. The Morgan fingerprint density at radius 2 is 2.08 bits per heavy atom. The van der Waals surface area contributed by atoms with Gasteiger partial charge in [0.05, 0.1) is 12.2 Å². The molecule has 4 nitrogen and oxygen atoms in total. The second-order valence-corrected chi connectivity index (χ2v) is 3.69. The lowest BCUT2D eigenvalue weighted by Gasteiger charge is -2.32. The van der Waals surface area contributed by atoms with Gasteiger partial charge < -0.3 is 15.4 Å². The Morgan fingerprint density at radius 1 is 1.46 bits per heavy atom. The number of likely N-dealkylation sites (tertiary alicyclic amines) is 1. The van der Waals surface area contributed by atoms with Gasteiger partial charge in [0.1, 0.15) is 0 Å². The van der Waals surface area contributed by atoms with E-state index in [4.69, 9.17) is 10.5 Å². The van der Waals surface area contributed by atoms with E-state index in [0.717, 1.165) is 19.6 Å². The fourth-order valence-electron chi connectivity index (χ4n) is 2.06. The molecule has 2 unspecified atom stereocenters. The van der Waals surface area contributed by atoms with Gasteiger partial charge in [-0.05, 0) is 19.8 Å².